The van der Waals surface area contributed by atoms with Crippen molar-refractivity contribution in [2.75, 3.05) is 31.6 Å². The number of halogens is 1. The number of anilines is 1. The number of methoxy groups -OCH3 is 1. The fraction of sp³-hybridized carbons (Fsp3) is 0.571. The highest BCUT2D eigenvalue weighted by atomic mass is 19.1. The fourth-order valence-corrected chi connectivity index (χ4v) is 2.48. The zero-order chi connectivity index (χ0) is 13.1. The van der Waals surface area contributed by atoms with Crippen molar-refractivity contribution < 1.29 is 9.13 Å². The molecule has 1 aliphatic heterocycles. The van der Waals surface area contributed by atoms with E-state index in [-0.39, 0.29) is 5.82 Å². The van der Waals surface area contributed by atoms with Crippen LogP contribution in [0.5, 0.6) is 5.75 Å². The lowest BCUT2D eigenvalue weighted by Gasteiger charge is -2.40. The van der Waals surface area contributed by atoms with Crippen LogP contribution in [0, 0.1) is 11.7 Å². The first-order chi connectivity index (χ1) is 8.63. The number of rotatable bonds is 3. The van der Waals surface area contributed by atoms with E-state index in [1.54, 1.807) is 12.1 Å². The largest absolute Gasteiger partial charge is 0.494 e. The summed E-state index contributed by atoms with van der Waals surface area (Å²) < 4.78 is 18.7. The standard InChI is InChI=1S/C14H21FN2O/c1-10(2)13-9-16-6-7-17(13)11-4-5-14(18-3)12(15)8-11/h4-5,8,10,13,16H,6-7,9H2,1-3H3. The van der Waals surface area contributed by atoms with Crippen LogP contribution in [0.2, 0.25) is 0 Å². The number of piperazine rings is 1. The van der Waals surface area contributed by atoms with Crippen molar-refractivity contribution in [3.63, 3.8) is 0 Å². The molecule has 1 heterocycles. The predicted octanol–water partition coefficient (Wildman–Crippen LogP) is 2.27. The zero-order valence-corrected chi connectivity index (χ0v) is 11.2. The molecule has 0 radical (unpaired) electrons. The third kappa shape index (κ3) is 2.58. The second-order valence-corrected chi connectivity index (χ2v) is 5.03. The van der Waals surface area contributed by atoms with Crippen LogP contribution in [0.4, 0.5) is 10.1 Å². The quantitative estimate of drug-likeness (QED) is 0.893. The topological polar surface area (TPSA) is 24.5 Å². The van der Waals surface area contributed by atoms with E-state index in [0.717, 1.165) is 25.3 Å². The average molecular weight is 252 g/mol. The van der Waals surface area contributed by atoms with E-state index in [9.17, 15) is 4.39 Å². The highest BCUT2D eigenvalue weighted by molar-refractivity contribution is 5.51. The predicted molar refractivity (Wildman–Crippen MR) is 71.8 cm³/mol. The van der Waals surface area contributed by atoms with Gasteiger partial charge in [-0.1, -0.05) is 13.8 Å². The number of benzene rings is 1. The zero-order valence-electron chi connectivity index (χ0n) is 11.2. The van der Waals surface area contributed by atoms with Crippen LogP contribution in [-0.2, 0) is 0 Å². The van der Waals surface area contributed by atoms with Gasteiger partial charge in [0.15, 0.2) is 11.6 Å². The Balaban J connectivity index is 2.25. The molecule has 1 fully saturated rings. The van der Waals surface area contributed by atoms with Gasteiger partial charge in [-0.05, 0) is 18.1 Å². The molecule has 1 saturated heterocycles. The van der Waals surface area contributed by atoms with Gasteiger partial charge in [-0.2, -0.15) is 0 Å². The van der Waals surface area contributed by atoms with Gasteiger partial charge in [-0.15, -0.1) is 0 Å². The van der Waals surface area contributed by atoms with Crippen molar-refractivity contribution in [2.24, 2.45) is 5.92 Å². The van der Waals surface area contributed by atoms with Gasteiger partial charge in [0.1, 0.15) is 0 Å². The highest BCUT2D eigenvalue weighted by Gasteiger charge is 2.25. The molecule has 4 heteroatoms. The summed E-state index contributed by atoms with van der Waals surface area (Å²) in [6.07, 6.45) is 0. The van der Waals surface area contributed by atoms with Gasteiger partial charge < -0.3 is 15.0 Å². The molecular formula is C14H21FN2O. The summed E-state index contributed by atoms with van der Waals surface area (Å²) in [6, 6.07) is 5.61. The average Bonchev–Trinajstić information content (AvgIpc) is 2.38. The molecule has 0 bridgehead atoms. The second kappa shape index (κ2) is 5.57. The van der Waals surface area contributed by atoms with Crippen LogP contribution >= 0.6 is 0 Å². The first-order valence-electron chi connectivity index (χ1n) is 6.44. The van der Waals surface area contributed by atoms with Gasteiger partial charge in [0.2, 0.25) is 0 Å². The summed E-state index contributed by atoms with van der Waals surface area (Å²) >= 11 is 0. The molecule has 0 saturated carbocycles. The Hall–Kier alpha value is -1.29. The Morgan fingerprint density at radius 1 is 1.44 bits per heavy atom. The summed E-state index contributed by atoms with van der Waals surface area (Å²) in [7, 11) is 1.49. The Morgan fingerprint density at radius 2 is 2.22 bits per heavy atom. The van der Waals surface area contributed by atoms with Crippen LogP contribution in [0.15, 0.2) is 18.2 Å². The molecule has 1 aromatic rings. The Kier molecular flexibility index (Phi) is 4.07. The van der Waals surface area contributed by atoms with Gasteiger partial charge in [-0.25, -0.2) is 4.39 Å². The molecule has 18 heavy (non-hydrogen) atoms. The SMILES string of the molecule is COc1ccc(N2CCNCC2C(C)C)cc1F. The highest BCUT2D eigenvalue weighted by Crippen LogP contribution is 2.27. The van der Waals surface area contributed by atoms with Gasteiger partial charge in [0.25, 0.3) is 0 Å². The molecule has 1 aliphatic rings. The number of nitrogens with one attached hydrogen (secondary N) is 1. The number of ether oxygens (including phenoxy) is 1. The molecule has 1 aromatic carbocycles. The molecular weight excluding hydrogens is 231 g/mol. The van der Waals surface area contributed by atoms with Crippen LogP contribution in [0.1, 0.15) is 13.8 Å². The van der Waals surface area contributed by atoms with E-state index in [1.807, 2.05) is 6.07 Å². The van der Waals surface area contributed by atoms with Crippen LogP contribution in [0.25, 0.3) is 0 Å². The third-order valence-corrected chi connectivity index (χ3v) is 3.52. The lowest BCUT2D eigenvalue weighted by Crippen LogP contribution is -2.53. The van der Waals surface area contributed by atoms with E-state index in [4.69, 9.17) is 4.74 Å². The maximum Gasteiger partial charge on any atom is 0.167 e. The Labute approximate surface area is 108 Å². The fourth-order valence-electron chi connectivity index (χ4n) is 2.48. The van der Waals surface area contributed by atoms with Gasteiger partial charge >= 0.3 is 0 Å². The molecule has 1 unspecified atom stereocenters. The van der Waals surface area contributed by atoms with Crippen molar-refractivity contribution >= 4 is 5.69 Å². The molecule has 0 amide bonds. The molecule has 100 valence electrons. The maximum atomic E-state index is 13.8. The number of hydrogen-bond acceptors (Lipinski definition) is 3. The van der Waals surface area contributed by atoms with Gasteiger partial charge in [0.05, 0.1) is 7.11 Å². The lowest BCUT2D eigenvalue weighted by atomic mass is 9.99. The van der Waals surface area contributed by atoms with Crippen molar-refractivity contribution in [3.8, 4) is 5.75 Å². The minimum absolute atomic E-state index is 0.295. The van der Waals surface area contributed by atoms with Crippen molar-refractivity contribution in [1.29, 1.82) is 0 Å². The van der Waals surface area contributed by atoms with E-state index >= 15 is 0 Å². The van der Waals surface area contributed by atoms with E-state index in [2.05, 4.69) is 24.1 Å². The number of hydrogen-bond donors (Lipinski definition) is 1. The Morgan fingerprint density at radius 3 is 2.83 bits per heavy atom. The van der Waals surface area contributed by atoms with Gasteiger partial charge in [-0.3, -0.25) is 0 Å². The minimum Gasteiger partial charge on any atom is -0.494 e. The van der Waals surface area contributed by atoms with Gasteiger partial charge in [0, 0.05) is 37.4 Å². The van der Waals surface area contributed by atoms with Crippen molar-refractivity contribution in [3.05, 3.63) is 24.0 Å². The van der Waals surface area contributed by atoms with Crippen LogP contribution in [0.3, 0.4) is 0 Å². The van der Waals surface area contributed by atoms with E-state index < -0.39 is 0 Å². The summed E-state index contributed by atoms with van der Waals surface area (Å²) in [5, 5.41) is 3.39. The molecule has 1 atom stereocenters. The second-order valence-electron chi connectivity index (χ2n) is 5.03. The monoisotopic (exact) mass is 252 g/mol. The molecule has 2 rings (SSSR count). The molecule has 1 N–H and O–H groups in total. The summed E-state index contributed by atoms with van der Waals surface area (Å²) in [5.74, 6) is 0.536. The number of nitrogens with zero attached hydrogens (tertiary/aromatic N) is 1. The summed E-state index contributed by atoms with van der Waals surface area (Å²) in [4.78, 5) is 2.28. The summed E-state index contributed by atoms with van der Waals surface area (Å²) in [6.45, 7) is 7.20. The normalized spacial score (nSPS) is 20.3. The van der Waals surface area contributed by atoms with Crippen molar-refractivity contribution in [2.45, 2.75) is 19.9 Å². The summed E-state index contributed by atoms with van der Waals surface area (Å²) in [5.41, 5.74) is 0.938. The molecule has 0 aliphatic carbocycles. The molecule has 0 spiro atoms. The van der Waals surface area contributed by atoms with E-state index in [1.165, 1.54) is 7.11 Å². The molecule has 0 aromatic heterocycles. The lowest BCUT2D eigenvalue weighted by molar-refractivity contribution is 0.381. The third-order valence-electron chi connectivity index (χ3n) is 3.52. The van der Waals surface area contributed by atoms with Crippen LogP contribution in [-0.4, -0.2) is 32.8 Å². The first-order valence-corrected chi connectivity index (χ1v) is 6.44. The molecule has 3 nitrogen and oxygen atoms in total. The Bertz CT molecular complexity index is 409. The maximum absolute atomic E-state index is 13.8. The van der Waals surface area contributed by atoms with Crippen LogP contribution < -0.4 is 15.0 Å². The first kappa shape index (κ1) is 13.1. The minimum atomic E-state index is -0.295. The van der Waals surface area contributed by atoms with Crippen molar-refractivity contribution in [1.82, 2.24) is 5.32 Å². The smallest absolute Gasteiger partial charge is 0.167 e. The van der Waals surface area contributed by atoms with E-state index in [0.29, 0.717) is 17.7 Å².